The summed E-state index contributed by atoms with van der Waals surface area (Å²) in [6.07, 6.45) is 2.88. The minimum absolute atomic E-state index is 0.416. The Balaban J connectivity index is 1.80. The lowest BCUT2D eigenvalue weighted by molar-refractivity contribution is 0.289. The fourth-order valence-electron chi connectivity index (χ4n) is 1.62. The summed E-state index contributed by atoms with van der Waals surface area (Å²) < 4.78 is 7.37. The normalized spacial score (nSPS) is 10.6. The maximum absolute atomic E-state index is 5.63. The number of nitrogens with zero attached hydrogens (tertiary/aromatic N) is 3. The Morgan fingerprint density at radius 1 is 1.28 bits per heavy atom. The van der Waals surface area contributed by atoms with E-state index in [0.717, 1.165) is 17.9 Å². The van der Waals surface area contributed by atoms with Crippen LogP contribution in [0.5, 0.6) is 5.75 Å². The number of benzene rings is 1. The van der Waals surface area contributed by atoms with Crippen LogP contribution in [0.4, 0.5) is 0 Å². The van der Waals surface area contributed by atoms with Crippen LogP contribution in [0.15, 0.2) is 30.5 Å². The van der Waals surface area contributed by atoms with Crippen LogP contribution in [-0.2, 0) is 19.5 Å². The zero-order chi connectivity index (χ0) is 12.8. The van der Waals surface area contributed by atoms with Crippen molar-refractivity contribution in [3.63, 3.8) is 0 Å². The molecule has 1 heterocycles. The van der Waals surface area contributed by atoms with Crippen molar-refractivity contribution >= 4 is 0 Å². The molecule has 0 amide bonds. The maximum Gasteiger partial charge on any atom is 0.119 e. The van der Waals surface area contributed by atoms with E-state index in [9.17, 15) is 0 Å². The van der Waals surface area contributed by atoms with Gasteiger partial charge in [0.05, 0.1) is 12.2 Å². The van der Waals surface area contributed by atoms with Gasteiger partial charge < -0.3 is 10.5 Å². The van der Waals surface area contributed by atoms with E-state index in [1.165, 1.54) is 5.56 Å². The van der Waals surface area contributed by atoms with Gasteiger partial charge in [0, 0.05) is 12.7 Å². The second kappa shape index (κ2) is 6.16. The largest absolute Gasteiger partial charge is 0.492 e. The lowest BCUT2D eigenvalue weighted by atomic mass is 10.2. The van der Waals surface area contributed by atoms with Gasteiger partial charge in [0.25, 0.3) is 0 Å². The number of rotatable bonds is 6. The third kappa shape index (κ3) is 3.30. The SMILES string of the molecule is CCc1ccc(OCCn2cc(CN)nn2)cc1. The van der Waals surface area contributed by atoms with Crippen molar-refractivity contribution < 1.29 is 4.74 Å². The molecule has 0 fully saturated rings. The minimum Gasteiger partial charge on any atom is -0.492 e. The quantitative estimate of drug-likeness (QED) is 0.836. The van der Waals surface area contributed by atoms with Gasteiger partial charge in [0.15, 0.2) is 0 Å². The molecule has 5 nitrogen and oxygen atoms in total. The molecule has 18 heavy (non-hydrogen) atoms. The zero-order valence-electron chi connectivity index (χ0n) is 10.5. The molecule has 1 aromatic carbocycles. The molecule has 0 radical (unpaired) electrons. The van der Waals surface area contributed by atoms with Gasteiger partial charge in [-0.1, -0.05) is 24.3 Å². The van der Waals surface area contributed by atoms with Crippen molar-refractivity contribution in [2.24, 2.45) is 5.73 Å². The Morgan fingerprint density at radius 3 is 2.67 bits per heavy atom. The first kappa shape index (κ1) is 12.6. The first-order chi connectivity index (χ1) is 8.81. The van der Waals surface area contributed by atoms with Gasteiger partial charge in [-0.25, -0.2) is 4.68 Å². The predicted octanol–water partition coefficient (Wildman–Crippen LogP) is 1.38. The standard InChI is InChI=1S/C13H18N4O/c1-2-11-3-5-13(6-4-11)18-8-7-17-10-12(9-14)15-16-17/h3-6,10H,2,7-9,14H2,1H3. The van der Waals surface area contributed by atoms with E-state index in [2.05, 4.69) is 29.4 Å². The molecule has 0 spiro atoms. The molecule has 0 aliphatic carbocycles. The Kier molecular flexibility index (Phi) is 4.30. The van der Waals surface area contributed by atoms with E-state index in [1.807, 2.05) is 18.3 Å². The summed E-state index contributed by atoms with van der Waals surface area (Å²) in [5.74, 6) is 0.881. The number of aryl methyl sites for hydroxylation is 1. The van der Waals surface area contributed by atoms with E-state index < -0.39 is 0 Å². The number of aromatic nitrogens is 3. The third-order valence-electron chi connectivity index (χ3n) is 2.72. The predicted molar refractivity (Wildman–Crippen MR) is 69.2 cm³/mol. The van der Waals surface area contributed by atoms with Crippen LogP contribution in [0.3, 0.4) is 0 Å². The van der Waals surface area contributed by atoms with Crippen LogP contribution in [0, 0.1) is 0 Å². The molecule has 1 aromatic heterocycles. The number of nitrogens with two attached hydrogens (primary N) is 1. The smallest absolute Gasteiger partial charge is 0.119 e. The van der Waals surface area contributed by atoms with Crippen molar-refractivity contribution in [2.45, 2.75) is 26.4 Å². The van der Waals surface area contributed by atoms with Gasteiger partial charge in [-0.2, -0.15) is 0 Å². The molecule has 0 saturated carbocycles. The van der Waals surface area contributed by atoms with Gasteiger partial charge in [-0.05, 0) is 24.1 Å². The molecular formula is C13H18N4O. The summed E-state index contributed by atoms with van der Waals surface area (Å²) in [6, 6.07) is 8.14. The first-order valence-corrected chi connectivity index (χ1v) is 6.12. The molecule has 0 saturated heterocycles. The summed E-state index contributed by atoms with van der Waals surface area (Å²) in [4.78, 5) is 0. The van der Waals surface area contributed by atoms with Crippen LogP contribution in [0.1, 0.15) is 18.2 Å². The molecule has 0 bridgehead atoms. The highest BCUT2D eigenvalue weighted by atomic mass is 16.5. The molecule has 0 unspecified atom stereocenters. The summed E-state index contributed by atoms with van der Waals surface area (Å²) in [6.45, 7) is 3.79. The maximum atomic E-state index is 5.63. The van der Waals surface area contributed by atoms with Crippen molar-refractivity contribution in [3.05, 3.63) is 41.7 Å². The van der Waals surface area contributed by atoms with Crippen LogP contribution in [-0.4, -0.2) is 21.6 Å². The number of hydrogen-bond acceptors (Lipinski definition) is 4. The third-order valence-corrected chi connectivity index (χ3v) is 2.72. The summed E-state index contributed by atoms with van der Waals surface area (Å²) in [7, 11) is 0. The average molecular weight is 246 g/mol. The summed E-state index contributed by atoms with van der Waals surface area (Å²) in [5.41, 5.74) is 7.57. The second-order valence-electron chi connectivity index (χ2n) is 4.02. The first-order valence-electron chi connectivity index (χ1n) is 6.12. The average Bonchev–Trinajstić information content (AvgIpc) is 2.87. The van der Waals surface area contributed by atoms with Crippen LogP contribution >= 0.6 is 0 Å². The Morgan fingerprint density at radius 2 is 2.06 bits per heavy atom. The van der Waals surface area contributed by atoms with E-state index in [1.54, 1.807) is 4.68 Å². The Bertz CT molecular complexity index is 478. The van der Waals surface area contributed by atoms with Crippen molar-refractivity contribution in [1.82, 2.24) is 15.0 Å². The highest BCUT2D eigenvalue weighted by Crippen LogP contribution is 2.12. The molecule has 2 N–H and O–H groups in total. The van der Waals surface area contributed by atoms with Gasteiger partial charge in [0.2, 0.25) is 0 Å². The van der Waals surface area contributed by atoms with Crippen molar-refractivity contribution in [3.8, 4) is 5.75 Å². The van der Waals surface area contributed by atoms with Gasteiger partial charge in [0.1, 0.15) is 12.4 Å². The summed E-state index contributed by atoms with van der Waals surface area (Å²) >= 11 is 0. The Labute approximate surface area is 107 Å². The van der Waals surface area contributed by atoms with E-state index in [-0.39, 0.29) is 0 Å². The second-order valence-corrected chi connectivity index (χ2v) is 4.02. The molecule has 0 aliphatic heterocycles. The molecule has 2 rings (SSSR count). The molecule has 96 valence electrons. The van der Waals surface area contributed by atoms with Crippen LogP contribution in [0.2, 0.25) is 0 Å². The summed E-state index contributed by atoms with van der Waals surface area (Å²) in [5, 5.41) is 7.87. The Hall–Kier alpha value is -1.88. The molecule has 0 atom stereocenters. The van der Waals surface area contributed by atoms with Gasteiger partial charge >= 0.3 is 0 Å². The van der Waals surface area contributed by atoms with Gasteiger partial charge in [-0.3, -0.25) is 0 Å². The molecule has 0 aliphatic rings. The highest BCUT2D eigenvalue weighted by Gasteiger charge is 1.99. The van der Waals surface area contributed by atoms with Crippen LogP contribution < -0.4 is 10.5 Å². The topological polar surface area (TPSA) is 66.0 Å². The fraction of sp³-hybridized carbons (Fsp3) is 0.385. The van der Waals surface area contributed by atoms with E-state index >= 15 is 0 Å². The minimum atomic E-state index is 0.416. The molecule has 5 heteroatoms. The number of hydrogen-bond donors (Lipinski definition) is 1. The highest BCUT2D eigenvalue weighted by molar-refractivity contribution is 5.27. The van der Waals surface area contributed by atoms with Gasteiger partial charge in [-0.15, -0.1) is 5.10 Å². The number of ether oxygens (including phenoxy) is 1. The lowest BCUT2D eigenvalue weighted by Crippen LogP contribution is -2.08. The van der Waals surface area contributed by atoms with E-state index in [0.29, 0.717) is 19.7 Å². The molecule has 2 aromatic rings. The van der Waals surface area contributed by atoms with Crippen molar-refractivity contribution in [2.75, 3.05) is 6.61 Å². The monoisotopic (exact) mass is 246 g/mol. The van der Waals surface area contributed by atoms with E-state index in [4.69, 9.17) is 10.5 Å². The zero-order valence-corrected chi connectivity index (χ0v) is 10.5. The van der Waals surface area contributed by atoms with Crippen molar-refractivity contribution in [1.29, 1.82) is 0 Å². The van der Waals surface area contributed by atoms with Crippen LogP contribution in [0.25, 0.3) is 0 Å². The lowest BCUT2D eigenvalue weighted by Gasteiger charge is -2.06. The fourth-order valence-corrected chi connectivity index (χ4v) is 1.62. The molecular weight excluding hydrogens is 228 g/mol.